The molecular weight excluding hydrogens is 248 g/mol. The summed E-state index contributed by atoms with van der Waals surface area (Å²) in [6.45, 7) is 4.32. The molecule has 0 bridgehead atoms. The van der Waals surface area contributed by atoms with Gasteiger partial charge in [0, 0.05) is 6.92 Å². The molecule has 0 atom stereocenters. The number of allylic oxidation sites excluding steroid dienone is 2. The minimum Gasteiger partial charge on any atom is -0.466 e. The number of hydrogen-bond acceptors (Lipinski definition) is 2. The Morgan fingerprint density at radius 1 is 0.800 bits per heavy atom. The van der Waals surface area contributed by atoms with Crippen molar-refractivity contribution in [2.45, 2.75) is 90.9 Å². The van der Waals surface area contributed by atoms with E-state index in [2.05, 4.69) is 19.1 Å². The first-order chi connectivity index (χ1) is 9.77. The van der Waals surface area contributed by atoms with Crippen molar-refractivity contribution in [2.75, 3.05) is 6.61 Å². The first kappa shape index (κ1) is 19.2. The van der Waals surface area contributed by atoms with Crippen molar-refractivity contribution in [1.82, 2.24) is 0 Å². The third kappa shape index (κ3) is 17.2. The van der Waals surface area contributed by atoms with Crippen LogP contribution >= 0.6 is 0 Å². The molecule has 2 nitrogen and oxygen atoms in total. The van der Waals surface area contributed by atoms with Crippen LogP contribution in [0, 0.1) is 0 Å². The van der Waals surface area contributed by atoms with Crippen LogP contribution in [0.25, 0.3) is 0 Å². The lowest BCUT2D eigenvalue weighted by atomic mass is 10.1. The fourth-order valence-electron chi connectivity index (χ4n) is 2.21. The van der Waals surface area contributed by atoms with Gasteiger partial charge in [0.25, 0.3) is 0 Å². The molecule has 0 rings (SSSR count). The molecule has 20 heavy (non-hydrogen) atoms. The second-order valence-corrected chi connectivity index (χ2v) is 5.57. The van der Waals surface area contributed by atoms with Crippen molar-refractivity contribution >= 4 is 5.97 Å². The minimum atomic E-state index is -0.164. The summed E-state index contributed by atoms with van der Waals surface area (Å²) in [6.07, 6.45) is 20.1. The van der Waals surface area contributed by atoms with Gasteiger partial charge in [-0.15, -0.1) is 0 Å². The maximum Gasteiger partial charge on any atom is 0.302 e. The third-order valence-corrected chi connectivity index (χ3v) is 3.46. The molecule has 0 unspecified atom stereocenters. The molecule has 0 aromatic heterocycles. The van der Waals surface area contributed by atoms with Gasteiger partial charge < -0.3 is 4.74 Å². The van der Waals surface area contributed by atoms with Gasteiger partial charge in [-0.25, -0.2) is 0 Å². The average molecular weight is 282 g/mol. The molecule has 0 saturated heterocycles. The summed E-state index contributed by atoms with van der Waals surface area (Å²) in [5, 5.41) is 0. The number of unbranched alkanes of at least 4 members (excludes halogenated alkanes) is 10. The Morgan fingerprint density at radius 3 is 1.85 bits per heavy atom. The third-order valence-electron chi connectivity index (χ3n) is 3.46. The van der Waals surface area contributed by atoms with Gasteiger partial charge in [0.1, 0.15) is 0 Å². The zero-order valence-electron chi connectivity index (χ0n) is 13.7. The van der Waals surface area contributed by atoms with Gasteiger partial charge in [-0.1, -0.05) is 64.0 Å². The lowest BCUT2D eigenvalue weighted by Crippen LogP contribution is -1.99. The molecule has 0 spiro atoms. The van der Waals surface area contributed by atoms with Gasteiger partial charge in [0.15, 0.2) is 0 Å². The summed E-state index contributed by atoms with van der Waals surface area (Å²) < 4.78 is 4.90. The van der Waals surface area contributed by atoms with Crippen LogP contribution in [0.15, 0.2) is 12.2 Å². The quantitative estimate of drug-likeness (QED) is 0.228. The Kier molecular flexibility index (Phi) is 15.6. The van der Waals surface area contributed by atoms with E-state index >= 15 is 0 Å². The lowest BCUT2D eigenvalue weighted by Gasteiger charge is -2.01. The Labute approximate surface area is 126 Å². The topological polar surface area (TPSA) is 26.3 Å². The van der Waals surface area contributed by atoms with Crippen molar-refractivity contribution < 1.29 is 9.53 Å². The largest absolute Gasteiger partial charge is 0.466 e. The van der Waals surface area contributed by atoms with Crippen molar-refractivity contribution in [2.24, 2.45) is 0 Å². The van der Waals surface area contributed by atoms with E-state index in [1.165, 1.54) is 77.6 Å². The normalized spacial score (nSPS) is 11.1. The monoisotopic (exact) mass is 282 g/mol. The number of hydrogen-bond donors (Lipinski definition) is 0. The van der Waals surface area contributed by atoms with Crippen LogP contribution in [-0.4, -0.2) is 12.6 Å². The molecule has 2 heteroatoms. The van der Waals surface area contributed by atoms with Crippen LogP contribution in [0.4, 0.5) is 0 Å². The summed E-state index contributed by atoms with van der Waals surface area (Å²) in [6, 6.07) is 0. The van der Waals surface area contributed by atoms with E-state index in [4.69, 9.17) is 4.74 Å². The fourth-order valence-corrected chi connectivity index (χ4v) is 2.21. The maximum atomic E-state index is 10.5. The summed E-state index contributed by atoms with van der Waals surface area (Å²) in [5.74, 6) is -0.164. The van der Waals surface area contributed by atoms with Crippen LogP contribution in [0.5, 0.6) is 0 Å². The molecule has 0 aliphatic carbocycles. The highest BCUT2D eigenvalue weighted by atomic mass is 16.5. The standard InChI is InChI=1S/C18H34O2/c1-3-4-5-6-7-8-9-10-11-12-13-14-15-16-17-20-18(2)19/h10-11H,3-9,12-17H2,1-2H3/b11-10-. The highest BCUT2D eigenvalue weighted by Gasteiger charge is 1.93. The highest BCUT2D eigenvalue weighted by molar-refractivity contribution is 5.65. The van der Waals surface area contributed by atoms with E-state index < -0.39 is 0 Å². The smallest absolute Gasteiger partial charge is 0.302 e. The highest BCUT2D eigenvalue weighted by Crippen LogP contribution is 2.08. The molecule has 0 fully saturated rings. The van der Waals surface area contributed by atoms with Crippen molar-refractivity contribution in [3.05, 3.63) is 12.2 Å². The van der Waals surface area contributed by atoms with Crippen LogP contribution in [0.2, 0.25) is 0 Å². The molecule has 0 heterocycles. The number of ether oxygens (including phenoxy) is 1. The summed E-state index contributed by atoms with van der Waals surface area (Å²) in [7, 11) is 0. The van der Waals surface area contributed by atoms with Crippen molar-refractivity contribution in [1.29, 1.82) is 0 Å². The van der Waals surface area contributed by atoms with Gasteiger partial charge in [0.05, 0.1) is 6.61 Å². The lowest BCUT2D eigenvalue weighted by molar-refractivity contribution is -0.141. The Morgan fingerprint density at radius 2 is 1.30 bits per heavy atom. The van der Waals surface area contributed by atoms with E-state index in [-0.39, 0.29) is 5.97 Å². The predicted molar refractivity (Wildman–Crippen MR) is 86.9 cm³/mol. The molecule has 0 aliphatic heterocycles. The van der Waals surface area contributed by atoms with E-state index in [9.17, 15) is 4.79 Å². The SMILES string of the molecule is CCCCCCCC/C=C\CCCCCCOC(C)=O. The Balaban J connectivity index is 3.07. The first-order valence-electron chi connectivity index (χ1n) is 8.55. The summed E-state index contributed by atoms with van der Waals surface area (Å²) in [4.78, 5) is 10.5. The van der Waals surface area contributed by atoms with Crippen LogP contribution in [0.1, 0.15) is 90.9 Å². The van der Waals surface area contributed by atoms with Gasteiger partial charge in [-0.2, -0.15) is 0 Å². The number of esters is 1. The van der Waals surface area contributed by atoms with Gasteiger partial charge in [-0.3, -0.25) is 4.79 Å². The van der Waals surface area contributed by atoms with E-state index in [1.54, 1.807) is 0 Å². The summed E-state index contributed by atoms with van der Waals surface area (Å²) in [5.41, 5.74) is 0. The van der Waals surface area contributed by atoms with Gasteiger partial charge in [0.2, 0.25) is 0 Å². The molecular formula is C18H34O2. The molecule has 0 aromatic rings. The molecule has 118 valence electrons. The average Bonchev–Trinajstić information content (AvgIpc) is 2.43. The molecule has 0 aliphatic rings. The Bertz CT molecular complexity index is 234. The van der Waals surface area contributed by atoms with E-state index in [0.717, 1.165) is 6.42 Å². The van der Waals surface area contributed by atoms with Gasteiger partial charge in [-0.05, 0) is 32.1 Å². The first-order valence-corrected chi connectivity index (χ1v) is 8.55. The van der Waals surface area contributed by atoms with E-state index in [1.807, 2.05) is 0 Å². The fraction of sp³-hybridized carbons (Fsp3) is 0.833. The number of carbonyl (C=O) groups is 1. The van der Waals surface area contributed by atoms with Crippen LogP contribution in [0.3, 0.4) is 0 Å². The van der Waals surface area contributed by atoms with Crippen molar-refractivity contribution in [3.8, 4) is 0 Å². The number of carbonyl (C=O) groups excluding carboxylic acids is 1. The second kappa shape index (κ2) is 16.3. The van der Waals surface area contributed by atoms with Gasteiger partial charge >= 0.3 is 5.97 Å². The molecule has 0 radical (unpaired) electrons. The van der Waals surface area contributed by atoms with Crippen LogP contribution in [-0.2, 0) is 9.53 Å². The molecule has 0 amide bonds. The summed E-state index contributed by atoms with van der Waals surface area (Å²) >= 11 is 0. The molecule has 0 aromatic carbocycles. The predicted octanol–water partition coefficient (Wildman–Crippen LogP) is 5.81. The van der Waals surface area contributed by atoms with Crippen molar-refractivity contribution in [3.63, 3.8) is 0 Å². The zero-order valence-corrected chi connectivity index (χ0v) is 13.7. The van der Waals surface area contributed by atoms with Crippen LogP contribution < -0.4 is 0 Å². The zero-order chi connectivity index (χ0) is 14.9. The Hall–Kier alpha value is -0.790. The molecule has 0 N–H and O–H groups in total. The number of rotatable bonds is 14. The second-order valence-electron chi connectivity index (χ2n) is 5.57. The maximum absolute atomic E-state index is 10.5. The van der Waals surface area contributed by atoms with E-state index in [0.29, 0.717) is 6.61 Å². The minimum absolute atomic E-state index is 0.164. The molecule has 0 saturated carbocycles.